The molecule has 10 heteroatoms. The van der Waals surface area contributed by atoms with Crippen molar-refractivity contribution in [1.29, 1.82) is 0 Å². The Morgan fingerprint density at radius 2 is 2.08 bits per heavy atom. The molecular weight excluding hydrogens is 351 g/mol. The maximum Gasteiger partial charge on any atom is 0.416 e. The molecule has 0 spiro atoms. The highest BCUT2D eigenvalue weighted by molar-refractivity contribution is 5.83. The third kappa shape index (κ3) is 3.26. The number of aromatic nitrogens is 3. The van der Waals surface area contributed by atoms with E-state index in [4.69, 9.17) is 5.73 Å². The third-order valence-corrected chi connectivity index (χ3v) is 4.27. The first kappa shape index (κ1) is 17.9. The van der Waals surface area contributed by atoms with Gasteiger partial charge in [-0.15, -0.1) is 10.2 Å². The van der Waals surface area contributed by atoms with Gasteiger partial charge in [-0.25, -0.2) is 4.98 Å². The Bertz CT molecular complexity index is 856. The lowest BCUT2D eigenvalue weighted by molar-refractivity contribution is -0.137. The normalized spacial score (nSPS) is 17.5. The SMILES string of the molecule is Cc1nc(N2CCC[C@H]2C(N)=O)nnc1-c1ccc(C(F)(F)F)cc1O. The Morgan fingerprint density at radius 3 is 2.65 bits per heavy atom. The second-order valence-corrected chi connectivity index (χ2v) is 6.03. The zero-order valence-electron chi connectivity index (χ0n) is 13.8. The molecule has 2 heterocycles. The molecule has 7 nitrogen and oxygen atoms in total. The number of amides is 1. The predicted octanol–water partition coefficient (Wildman–Crippen LogP) is 2.03. The Balaban J connectivity index is 1.95. The van der Waals surface area contributed by atoms with Crippen LogP contribution in [0.3, 0.4) is 0 Å². The van der Waals surface area contributed by atoms with Gasteiger partial charge in [-0.05, 0) is 38.0 Å². The van der Waals surface area contributed by atoms with Crippen molar-refractivity contribution < 1.29 is 23.1 Å². The summed E-state index contributed by atoms with van der Waals surface area (Å²) in [6.45, 7) is 2.15. The van der Waals surface area contributed by atoms with Crippen LogP contribution in [-0.4, -0.2) is 38.8 Å². The maximum absolute atomic E-state index is 12.7. The highest BCUT2D eigenvalue weighted by Gasteiger charge is 2.33. The Kier molecular flexibility index (Phi) is 4.43. The number of aromatic hydroxyl groups is 1. The summed E-state index contributed by atoms with van der Waals surface area (Å²) in [6, 6.07) is 2.10. The van der Waals surface area contributed by atoms with E-state index in [1.54, 1.807) is 11.8 Å². The first-order valence-electron chi connectivity index (χ1n) is 7.86. The standard InChI is InChI=1S/C16H16F3N5O2/c1-8-13(10-5-4-9(7-12(10)25)16(17,18)19)22-23-15(21-8)24-6-2-3-11(24)14(20)26/h4-5,7,11,25H,2-3,6H2,1H3,(H2,20,26)/t11-/m0/s1. The van der Waals surface area contributed by atoms with Gasteiger partial charge in [0.25, 0.3) is 0 Å². The molecule has 0 bridgehead atoms. The summed E-state index contributed by atoms with van der Waals surface area (Å²) in [7, 11) is 0. The van der Waals surface area contributed by atoms with E-state index in [0.29, 0.717) is 24.7 Å². The molecule has 3 rings (SSSR count). The first-order valence-corrected chi connectivity index (χ1v) is 7.86. The molecule has 1 aliphatic heterocycles. The number of phenolic OH excluding ortho intramolecular Hbond substituents is 1. The van der Waals surface area contributed by atoms with Crippen LogP contribution in [0.1, 0.15) is 24.1 Å². The molecule has 3 N–H and O–H groups in total. The van der Waals surface area contributed by atoms with Crippen LogP contribution in [0, 0.1) is 6.92 Å². The summed E-state index contributed by atoms with van der Waals surface area (Å²) in [5, 5.41) is 17.9. The van der Waals surface area contributed by atoms with Gasteiger partial charge in [0.05, 0.1) is 11.3 Å². The van der Waals surface area contributed by atoms with E-state index < -0.39 is 29.4 Å². The van der Waals surface area contributed by atoms with Gasteiger partial charge < -0.3 is 15.7 Å². The van der Waals surface area contributed by atoms with Crippen molar-refractivity contribution in [2.75, 3.05) is 11.4 Å². The zero-order chi connectivity index (χ0) is 19.1. The van der Waals surface area contributed by atoms with Gasteiger partial charge in [-0.3, -0.25) is 4.79 Å². The van der Waals surface area contributed by atoms with Crippen LogP contribution in [0.25, 0.3) is 11.3 Å². The number of aryl methyl sites for hydroxylation is 1. The quantitative estimate of drug-likeness (QED) is 0.860. The molecule has 0 unspecified atom stereocenters. The van der Waals surface area contributed by atoms with Crippen LogP contribution < -0.4 is 10.6 Å². The second kappa shape index (κ2) is 6.43. The van der Waals surface area contributed by atoms with Gasteiger partial charge in [0, 0.05) is 12.1 Å². The minimum Gasteiger partial charge on any atom is -0.507 e. The predicted molar refractivity (Wildman–Crippen MR) is 86.2 cm³/mol. The average molecular weight is 367 g/mol. The van der Waals surface area contributed by atoms with Crippen LogP contribution in [-0.2, 0) is 11.0 Å². The summed E-state index contributed by atoms with van der Waals surface area (Å²) in [4.78, 5) is 17.4. The molecular formula is C16H16F3N5O2. The number of phenols is 1. The number of carbonyl (C=O) groups excluding carboxylic acids is 1. The molecule has 0 radical (unpaired) electrons. The van der Waals surface area contributed by atoms with E-state index in [-0.39, 0.29) is 17.2 Å². The molecule has 1 saturated heterocycles. The van der Waals surface area contributed by atoms with Crippen molar-refractivity contribution in [3.05, 3.63) is 29.5 Å². The van der Waals surface area contributed by atoms with E-state index in [2.05, 4.69) is 15.2 Å². The molecule has 1 fully saturated rings. The number of carbonyl (C=O) groups is 1. The molecule has 1 aromatic heterocycles. The van der Waals surface area contributed by atoms with Gasteiger partial charge in [0.1, 0.15) is 17.5 Å². The number of benzene rings is 1. The molecule has 2 aromatic rings. The molecule has 1 aromatic carbocycles. The fourth-order valence-electron chi connectivity index (χ4n) is 2.97. The number of nitrogens with two attached hydrogens (primary N) is 1. The van der Waals surface area contributed by atoms with Crippen molar-refractivity contribution in [1.82, 2.24) is 15.2 Å². The summed E-state index contributed by atoms with van der Waals surface area (Å²) in [5.74, 6) is -0.824. The zero-order valence-corrected chi connectivity index (χ0v) is 13.8. The number of rotatable bonds is 3. The molecule has 1 atom stereocenters. The first-order chi connectivity index (χ1) is 12.2. The fraction of sp³-hybridized carbons (Fsp3) is 0.375. The lowest BCUT2D eigenvalue weighted by atomic mass is 10.1. The monoisotopic (exact) mass is 367 g/mol. The molecule has 1 amide bonds. The maximum atomic E-state index is 12.7. The van der Waals surface area contributed by atoms with Crippen LogP contribution >= 0.6 is 0 Å². The van der Waals surface area contributed by atoms with Gasteiger partial charge in [-0.2, -0.15) is 13.2 Å². The number of halogens is 3. The van der Waals surface area contributed by atoms with Crippen LogP contribution in [0.4, 0.5) is 19.1 Å². The molecule has 0 aliphatic carbocycles. The van der Waals surface area contributed by atoms with E-state index in [9.17, 15) is 23.1 Å². The lowest BCUT2D eigenvalue weighted by Gasteiger charge is -2.22. The van der Waals surface area contributed by atoms with E-state index >= 15 is 0 Å². The summed E-state index contributed by atoms with van der Waals surface area (Å²) < 4.78 is 38.1. The number of anilines is 1. The smallest absolute Gasteiger partial charge is 0.416 e. The number of nitrogens with zero attached hydrogens (tertiary/aromatic N) is 4. The number of primary amides is 1. The third-order valence-electron chi connectivity index (χ3n) is 4.27. The van der Waals surface area contributed by atoms with Gasteiger partial charge in [-0.1, -0.05) is 0 Å². The number of hydrogen-bond acceptors (Lipinski definition) is 6. The second-order valence-electron chi connectivity index (χ2n) is 6.03. The van der Waals surface area contributed by atoms with E-state index in [0.717, 1.165) is 18.6 Å². The largest absolute Gasteiger partial charge is 0.507 e. The summed E-state index contributed by atoms with van der Waals surface area (Å²) in [6.07, 6.45) is -3.20. The highest BCUT2D eigenvalue weighted by Crippen LogP contribution is 2.36. The fourth-order valence-corrected chi connectivity index (χ4v) is 2.97. The van der Waals surface area contributed by atoms with Gasteiger partial charge in [0.2, 0.25) is 11.9 Å². The Morgan fingerprint density at radius 1 is 1.35 bits per heavy atom. The van der Waals surface area contributed by atoms with Gasteiger partial charge >= 0.3 is 6.18 Å². The number of hydrogen-bond donors (Lipinski definition) is 2. The molecule has 0 saturated carbocycles. The van der Waals surface area contributed by atoms with E-state index in [1.165, 1.54) is 0 Å². The highest BCUT2D eigenvalue weighted by atomic mass is 19.4. The molecule has 138 valence electrons. The minimum atomic E-state index is -4.56. The average Bonchev–Trinajstić information content (AvgIpc) is 3.04. The van der Waals surface area contributed by atoms with Crippen LogP contribution in [0.5, 0.6) is 5.75 Å². The van der Waals surface area contributed by atoms with Crippen molar-refractivity contribution in [2.45, 2.75) is 32.0 Å². The van der Waals surface area contributed by atoms with Crippen LogP contribution in [0.2, 0.25) is 0 Å². The van der Waals surface area contributed by atoms with Crippen molar-refractivity contribution in [3.8, 4) is 17.0 Å². The van der Waals surface area contributed by atoms with Crippen molar-refractivity contribution >= 4 is 11.9 Å². The summed E-state index contributed by atoms with van der Waals surface area (Å²) >= 11 is 0. The molecule has 1 aliphatic rings. The minimum absolute atomic E-state index is 0.0925. The van der Waals surface area contributed by atoms with Crippen LogP contribution in [0.15, 0.2) is 18.2 Å². The molecule has 26 heavy (non-hydrogen) atoms. The van der Waals surface area contributed by atoms with Crippen molar-refractivity contribution in [2.24, 2.45) is 5.73 Å². The van der Waals surface area contributed by atoms with E-state index in [1.807, 2.05) is 0 Å². The van der Waals surface area contributed by atoms with Gasteiger partial charge in [0.15, 0.2) is 0 Å². The topological polar surface area (TPSA) is 105 Å². The van der Waals surface area contributed by atoms with Crippen molar-refractivity contribution in [3.63, 3.8) is 0 Å². The lowest BCUT2D eigenvalue weighted by Crippen LogP contribution is -2.41. The number of alkyl halides is 3. The Labute approximate surface area is 146 Å². The summed E-state index contributed by atoms with van der Waals surface area (Å²) in [5.41, 5.74) is 5.03. The Hall–Kier alpha value is -2.91.